The van der Waals surface area contributed by atoms with Crippen LogP contribution < -0.4 is 5.32 Å². The largest absolute Gasteiger partial charge is 0.311 e. The average Bonchev–Trinajstić information content (AvgIpc) is 3.12. The molecule has 0 unspecified atom stereocenters. The summed E-state index contributed by atoms with van der Waals surface area (Å²) in [6, 6.07) is 17.0. The maximum absolute atomic E-state index is 13.3. The lowest BCUT2D eigenvalue weighted by Gasteiger charge is -2.22. The number of nitrogens with one attached hydrogen (secondary N) is 1. The third-order valence-corrected chi connectivity index (χ3v) is 6.99. The van der Waals surface area contributed by atoms with Crippen LogP contribution in [0.4, 0.5) is 0 Å². The first-order chi connectivity index (χ1) is 14.0. The van der Waals surface area contributed by atoms with Gasteiger partial charge in [-0.25, -0.2) is 13.1 Å². The lowest BCUT2D eigenvalue weighted by atomic mass is 10.2. The van der Waals surface area contributed by atoms with Gasteiger partial charge >= 0.3 is 0 Å². The summed E-state index contributed by atoms with van der Waals surface area (Å²) in [5.74, 6) is 0. The first-order valence-electron chi connectivity index (χ1n) is 9.77. The molecule has 0 amide bonds. The van der Waals surface area contributed by atoms with E-state index in [4.69, 9.17) is 0 Å². The van der Waals surface area contributed by atoms with E-state index in [1.54, 1.807) is 16.4 Å². The van der Waals surface area contributed by atoms with Crippen molar-refractivity contribution in [2.45, 2.75) is 37.9 Å². The summed E-state index contributed by atoms with van der Waals surface area (Å²) in [6.07, 6.45) is 0.738. The summed E-state index contributed by atoms with van der Waals surface area (Å²) >= 11 is 0. The van der Waals surface area contributed by atoms with E-state index < -0.39 is 10.0 Å². The van der Waals surface area contributed by atoms with E-state index in [1.807, 2.05) is 54.1 Å². The Labute approximate surface area is 171 Å². The quantitative estimate of drug-likeness (QED) is 0.713. The summed E-state index contributed by atoms with van der Waals surface area (Å²) < 4.78 is 30.0. The Hall–Kier alpha value is -2.55. The summed E-state index contributed by atoms with van der Waals surface area (Å²) in [5, 5.41) is 12.0. The molecule has 152 valence electrons. The molecule has 0 saturated heterocycles. The monoisotopic (exact) mass is 411 g/mol. The summed E-state index contributed by atoms with van der Waals surface area (Å²) in [6.45, 7) is 4.52. The van der Waals surface area contributed by atoms with Gasteiger partial charge in [0, 0.05) is 13.1 Å². The Balaban J connectivity index is 1.68. The molecule has 2 aromatic carbocycles. The molecule has 0 radical (unpaired) electrons. The second-order valence-electron chi connectivity index (χ2n) is 7.31. The molecular formula is C21H25N5O2S. The van der Waals surface area contributed by atoms with Crippen LogP contribution in [0, 0.1) is 6.92 Å². The third kappa shape index (κ3) is 4.39. The summed E-state index contributed by atoms with van der Waals surface area (Å²) in [5.41, 5.74) is 3.76. The zero-order chi connectivity index (χ0) is 20.3. The van der Waals surface area contributed by atoms with Crippen LogP contribution in [0.2, 0.25) is 0 Å². The first-order valence-corrected chi connectivity index (χ1v) is 11.2. The van der Waals surface area contributed by atoms with Gasteiger partial charge in [-0.3, -0.25) is 0 Å². The topological polar surface area (TPSA) is 80.1 Å². The van der Waals surface area contributed by atoms with Crippen molar-refractivity contribution in [2.24, 2.45) is 0 Å². The number of hydrogen-bond donors (Lipinski definition) is 1. The van der Waals surface area contributed by atoms with Crippen molar-refractivity contribution in [1.29, 1.82) is 0 Å². The maximum atomic E-state index is 13.3. The van der Waals surface area contributed by atoms with E-state index in [9.17, 15) is 8.42 Å². The molecule has 0 atom stereocenters. The van der Waals surface area contributed by atoms with Crippen LogP contribution in [-0.4, -0.2) is 40.8 Å². The smallest absolute Gasteiger partial charge is 0.243 e. The van der Waals surface area contributed by atoms with Gasteiger partial charge in [0.1, 0.15) is 5.69 Å². The van der Waals surface area contributed by atoms with E-state index in [0.29, 0.717) is 24.5 Å². The van der Waals surface area contributed by atoms with E-state index in [0.717, 1.165) is 35.5 Å². The zero-order valence-corrected chi connectivity index (χ0v) is 17.3. The van der Waals surface area contributed by atoms with Gasteiger partial charge in [-0.05, 0) is 37.6 Å². The Morgan fingerprint density at radius 3 is 2.59 bits per heavy atom. The zero-order valence-electron chi connectivity index (χ0n) is 16.5. The fourth-order valence-electron chi connectivity index (χ4n) is 3.46. The fraction of sp³-hybridized carbons (Fsp3) is 0.333. The highest BCUT2D eigenvalue weighted by Crippen LogP contribution is 2.21. The van der Waals surface area contributed by atoms with Crippen LogP contribution in [-0.2, 0) is 29.7 Å². The lowest BCUT2D eigenvalue weighted by Crippen LogP contribution is -2.33. The van der Waals surface area contributed by atoms with Crippen LogP contribution in [0.25, 0.3) is 0 Å². The van der Waals surface area contributed by atoms with Crippen molar-refractivity contribution in [1.82, 2.24) is 24.6 Å². The number of sulfonamides is 1. The van der Waals surface area contributed by atoms with E-state index in [2.05, 4.69) is 15.6 Å². The number of benzene rings is 2. The van der Waals surface area contributed by atoms with Gasteiger partial charge in [-0.15, -0.1) is 5.10 Å². The molecule has 1 aliphatic heterocycles. The molecule has 4 rings (SSSR count). The molecule has 2 heterocycles. The number of hydrogen-bond acceptors (Lipinski definition) is 5. The van der Waals surface area contributed by atoms with Crippen LogP contribution in [0.1, 0.15) is 28.9 Å². The number of nitrogens with zero attached hydrogens (tertiary/aromatic N) is 4. The molecule has 7 nitrogen and oxygen atoms in total. The molecule has 0 aliphatic carbocycles. The molecule has 1 N–H and O–H groups in total. The van der Waals surface area contributed by atoms with Crippen LogP contribution >= 0.6 is 0 Å². The van der Waals surface area contributed by atoms with Crippen molar-refractivity contribution < 1.29 is 8.42 Å². The van der Waals surface area contributed by atoms with Crippen LogP contribution in [0.3, 0.4) is 0 Å². The molecule has 0 bridgehead atoms. The molecule has 0 spiro atoms. The highest BCUT2D eigenvalue weighted by atomic mass is 32.2. The van der Waals surface area contributed by atoms with Gasteiger partial charge < -0.3 is 5.32 Å². The number of aryl methyl sites for hydroxylation is 1. The maximum Gasteiger partial charge on any atom is 0.243 e. The van der Waals surface area contributed by atoms with Crippen molar-refractivity contribution in [3.63, 3.8) is 0 Å². The van der Waals surface area contributed by atoms with Gasteiger partial charge in [0.05, 0.1) is 23.7 Å². The molecule has 0 saturated carbocycles. The van der Waals surface area contributed by atoms with Gasteiger partial charge in [-0.1, -0.05) is 53.2 Å². The minimum Gasteiger partial charge on any atom is -0.311 e. The summed E-state index contributed by atoms with van der Waals surface area (Å²) in [4.78, 5) is 0.318. The van der Waals surface area contributed by atoms with Crippen LogP contribution in [0.15, 0.2) is 59.5 Å². The second kappa shape index (κ2) is 8.44. The SMILES string of the molecule is Cc1ccc(S(=O)(=O)N2CCCNCc3nnn(Cc4ccccc4)c3C2)cc1. The van der Waals surface area contributed by atoms with Gasteiger partial charge in [-0.2, -0.15) is 4.31 Å². The minimum atomic E-state index is -3.61. The predicted molar refractivity (Wildman–Crippen MR) is 111 cm³/mol. The van der Waals surface area contributed by atoms with Gasteiger partial charge in [0.25, 0.3) is 0 Å². The molecule has 1 aromatic heterocycles. The highest BCUT2D eigenvalue weighted by Gasteiger charge is 2.28. The predicted octanol–water partition coefficient (Wildman–Crippen LogP) is 2.32. The first kappa shape index (κ1) is 19.8. The van der Waals surface area contributed by atoms with E-state index in [1.165, 1.54) is 0 Å². The van der Waals surface area contributed by atoms with E-state index in [-0.39, 0.29) is 6.54 Å². The fourth-order valence-corrected chi connectivity index (χ4v) is 4.90. The normalized spacial score (nSPS) is 15.9. The minimum absolute atomic E-state index is 0.257. The molecule has 8 heteroatoms. The highest BCUT2D eigenvalue weighted by molar-refractivity contribution is 7.89. The Bertz CT molecular complexity index is 1060. The van der Waals surface area contributed by atoms with Gasteiger partial charge in [0.2, 0.25) is 10.0 Å². The number of fused-ring (bicyclic) bond motifs is 1. The molecule has 29 heavy (non-hydrogen) atoms. The van der Waals surface area contributed by atoms with Gasteiger partial charge in [0.15, 0.2) is 0 Å². The van der Waals surface area contributed by atoms with Crippen molar-refractivity contribution in [3.05, 3.63) is 77.1 Å². The molecule has 0 fully saturated rings. The Morgan fingerprint density at radius 2 is 1.83 bits per heavy atom. The average molecular weight is 412 g/mol. The third-order valence-electron chi connectivity index (χ3n) is 5.13. The summed E-state index contributed by atoms with van der Waals surface area (Å²) in [7, 11) is -3.61. The van der Waals surface area contributed by atoms with Crippen molar-refractivity contribution in [2.75, 3.05) is 13.1 Å². The molecular weight excluding hydrogens is 386 g/mol. The second-order valence-corrected chi connectivity index (χ2v) is 9.25. The molecule has 1 aliphatic rings. The number of rotatable bonds is 4. The molecule has 3 aromatic rings. The lowest BCUT2D eigenvalue weighted by molar-refractivity contribution is 0.387. The van der Waals surface area contributed by atoms with Crippen molar-refractivity contribution >= 4 is 10.0 Å². The standard InChI is InChI=1S/C21H25N5O2S/c1-17-8-10-19(11-9-17)29(27,28)25-13-5-12-22-14-20-21(16-25)26(24-23-20)15-18-6-3-2-4-7-18/h2-4,6-11,22H,5,12-16H2,1H3. The van der Waals surface area contributed by atoms with Crippen LogP contribution in [0.5, 0.6) is 0 Å². The number of aromatic nitrogens is 3. The van der Waals surface area contributed by atoms with E-state index >= 15 is 0 Å². The van der Waals surface area contributed by atoms with Crippen molar-refractivity contribution in [3.8, 4) is 0 Å². The Morgan fingerprint density at radius 1 is 1.07 bits per heavy atom. The Kier molecular flexibility index (Phi) is 5.75.